The van der Waals surface area contributed by atoms with Gasteiger partial charge in [0.1, 0.15) is 24.3 Å². The largest absolute Gasteiger partial charge is 0.497 e. The predicted octanol–water partition coefficient (Wildman–Crippen LogP) is 3.21. The van der Waals surface area contributed by atoms with Crippen molar-refractivity contribution in [1.29, 1.82) is 0 Å². The molecule has 5 rings (SSSR count). The van der Waals surface area contributed by atoms with E-state index < -0.39 is 0 Å². The molecule has 6 nitrogen and oxygen atoms in total. The van der Waals surface area contributed by atoms with E-state index in [0.29, 0.717) is 6.61 Å². The Kier molecular flexibility index (Phi) is 4.86. The van der Waals surface area contributed by atoms with Crippen LogP contribution in [-0.2, 0) is 0 Å². The third-order valence-electron chi connectivity index (χ3n) is 5.65. The lowest BCUT2D eigenvalue weighted by molar-refractivity contribution is 0.0571. The Labute approximate surface area is 170 Å². The molecule has 0 spiro atoms. The maximum absolute atomic E-state index is 6.12. The summed E-state index contributed by atoms with van der Waals surface area (Å²) in [7, 11) is 1.70. The Hall–Kier alpha value is -2.99. The molecule has 0 aliphatic carbocycles. The number of para-hydroxylation sites is 2. The van der Waals surface area contributed by atoms with Crippen LogP contribution in [0.1, 0.15) is 0 Å². The fourth-order valence-corrected chi connectivity index (χ4v) is 4.09. The molecule has 0 amide bonds. The Morgan fingerprint density at radius 3 is 2.69 bits per heavy atom. The van der Waals surface area contributed by atoms with E-state index in [9.17, 15) is 0 Å². The van der Waals surface area contributed by atoms with Crippen molar-refractivity contribution in [2.24, 2.45) is 0 Å². The molecule has 1 fully saturated rings. The first-order valence-corrected chi connectivity index (χ1v) is 10.1. The van der Waals surface area contributed by atoms with Crippen molar-refractivity contribution in [2.45, 2.75) is 6.10 Å². The van der Waals surface area contributed by atoms with Crippen LogP contribution in [0.2, 0.25) is 0 Å². The second-order valence-electron chi connectivity index (χ2n) is 7.51. The molecular formula is C23H25N3O3. The maximum Gasteiger partial charge on any atom is 0.161 e. The number of pyridine rings is 1. The number of rotatable bonds is 4. The molecule has 150 valence electrons. The monoisotopic (exact) mass is 391 g/mol. The van der Waals surface area contributed by atoms with Crippen molar-refractivity contribution in [3.63, 3.8) is 0 Å². The smallest absolute Gasteiger partial charge is 0.161 e. The van der Waals surface area contributed by atoms with Gasteiger partial charge in [-0.3, -0.25) is 4.90 Å². The molecule has 3 aromatic rings. The van der Waals surface area contributed by atoms with Gasteiger partial charge in [0.15, 0.2) is 11.5 Å². The SMILES string of the molecule is COc1ccc2ccnc(N3CCN(CC4COc5ccccc5O4)CC3)c2c1. The number of ether oxygens (including phenoxy) is 3. The van der Waals surface area contributed by atoms with Gasteiger partial charge in [0.2, 0.25) is 0 Å². The van der Waals surface area contributed by atoms with E-state index in [-0.39, 0.29) is 6.10 Å². The fourth-order valence-electron chi connectivity index (χ4n) is 4.09. The second-order valence-corrected chi connectivity index (χ2v) is 7.51. The van der Waals surface area contributed by atoms with Gasteiger partial charge >= 0.3 is 0 Å². The average molecular weight is 391 g/mol. The fraction of sp³-hybridized carbons (Fsp3) is 0.348. The number of aromatic nitrogens is 1. The minimum atomic E-state index is 0.0661. The molecule has 2 aliphatic rings. The highest BCUT2D eigenvalue weighted by Crippen LogP contribution is 2.32. The summed E-state index contributed by atoms with van der Waals surface area (Å²) in [4.78, 5) is 9.49. The van der Waals surface area contributed by atoms with Crippen molar-refractivity contribution >= 4 is 16.6 Å². The normalized spacial score (nSPS) is 19.3. The third-order valence-corrected chi connectivity index (χ3v) is 5.65. The first-order chi connectivity index (χ1) is 14.3. The number of anilines is 1. The van der Waals surface area contributed by atoms with Gasteiger partial charge in [-0.15, -0.1) is 0 Å². The van der Waals surface area contributed by atoms with E-state index >= 15 is 0 Å². The number of fused-ring (bicyclic) bond motifs is 2. The molecule has 1 saturated heterocycles. The number of piperazine rings is 1. The summed E-state index contributed by atoms with van der Waals surface area (Å²) < 4.78 is 17.4. The molecular weight excluding hydrogens is 366 g/mol. The lowest BCUT2D eigenvalue weighted by atomic mass is 10.1. The number of nitrogens with zero attached hydrogens (tertiary/aromatic N) is 3. The molecule has 3 heterocycles. The highest BCUT2D eigenvalue weighted by Gasteiger charge is 2.26. The van der Waals surface area contributed by atoms with Crippen molar-refractivity contribution in [3.05, 3.63) is 54.7 Å². The molecule has 1 aromatic heterocycles. The maximum atomic E-state index is 6.12. The van der Waals surface area contributed by atoms with E-state index in [4.69, 9.17) is 14.2 Å². The van der Waals surface area contributed by atoms with Crippen LogP contribution in [0.4, 0.5) is 5.82 Å². The van der Waals surface area contributed by atoms with Crippen LogP contribution in [0.3, 0.4) is 0 Å². The number of hydrogen-bond acceptors (Lipinski definition) is 6. The summed E-state index contributed by atoms with van der Waals surface area (Å²) in [5, 5.41) is 2.32. The van der Waals surface area contributed by atoms with Gasteiger partial charge in [-0.25, -0.2) is 4.98 Å². The lowest BCUT2D eigenvalue weighted by Crippen LogP contribution is -2.51. The highest BCUT2D eigenvalue weighted by atomic mass is 16.6. The number of hydrogen-bond donors (Lipinski definition) is 0. The first-order valence-electron chi connectivity index (χ1n) is 10.1. The van der Waals surface area contributed by atoms with Crippen LogP contribution in [0.5, 0.6) is 17.2 Å². The van der Waals surface area contributed by atoms with E-state index in [2.05, 4.69) is 26.9 Å². The van der Waals surface area contributed by atoms with Crippen molar-refractivity contribution in [1.82, 2.24) is 9.88 Å². The van der Waals surface area contributed by atoms with E-state index in [1.165, 1.54) is 5.39 Å². The Morgan fingerprint density at radius 2 is 1.86 bits per heavy atom. The van der Waals surface area contributed by atoms with E-state index in [1.54, 1.807) is 7.11 Å². The summed E-state index contributed by atoms with van der Waals surface area (Å²) >= 11 is 0. The van der Waals surface area contributed by atoms with Gasteiger partial charge in [0.25, 0.3) is 0 Å². The van der Waals surface area contributed by atoms with Gasteiger partial charge < -0.3 is 19.1 Å². The van der Waals surface area contributed by atoms with Crippen LogP contribution in [0.15, 0.2) is 54.7 Å². The zero-order valence-corrected chi connectivity index (χ0v) is 16.6. The molecule has 0 saturated carbocycles. The minimum absolute atomic E-state index is 0.0661. The number of methoxy groups -OCH3 is 1. The zero-order valence-electron chi connectivity index (χ0n) is 16.6. The highest BCUT2D eigenvalue weighted by molar-refractivity contribution is 5.93. The lowest BCUT2D eigenvalue weighted by Gasteiger charge is -2.38. The predicted molar refractivity (Wildman–Crippen MR) is 113 cm³/mol. The zero-order chi connectivity index (χ0) is 19.6. The summed E-state index contributed by atoms with van der Waals surface area (Å²) in [6, 6.07) is 16.1. The Bertz CT molecular complexity index is 1000. The van der Waals surface area contributed by atoms with Crippen LogP contribution < -0.4 is 19.1 Å². The van der Waals surface area contributed by atoms with Crippen LogP contribution >= 0.6 is 0 Å². The van der Waals surface area contributed by atoms with Crippen LogP contribution in [0, 0.1) is 0 Å². The molecule has 29 heavy (non-hydrogen) atoms. The third kappa shape index (κ3) is 3.68. The summed E-state index contributed by atoms with van der Waals surface area (Å²) in [6.07, 6.45) is 1.96. The van der Waals surface area contributed by atoms with Gasteiger partial charge in [0, 0.05) is 44.3 Å². The van der Waals surface area contributed by atoms with Gasteiger partial charge in [-0.05, 0) is 35.7 Å². The van der Waals surface area contributed by atoms with Gasteiger partial charge in [0.05, 0.1) is 7.11 Å². The van der Waals surface area contributed by atoms with Crippen LogP contribution in [-0.4, -0.2) is 62.4 Å². The average Bonchev–Trinajstić information content (AvgIpc) is 2.79. The van der Waals surface area contributed by atoms with E-state index in [1.807, 2.05) is 42.6 Å². The quantitative estimate of drug-likeness (QED) is 0.681. The summed E-state index contributed by atoms with van der Waals surface area (Å²) in [5.74, 6) is 3.58. The number of benzene rings is 2. The van der Waals surface area contributed by atoms with Crippen molar-refractivity contribution in [2.75, 3.05) is 51.3 Å². The van der Waals surface area contributed by atoms with Gasteiger partial charge in [-0.1, -0.05) is 18.2 Å². The van der Waals surface area contributed by atoms with E-state index in [0.717, 1.165) is 61.2 Å². The standard InChI is InChI=1S/C23H25N3O3/c1-27-18-7-6-17-8-9-24-23(20(17)14-18)26-12-10-25(11-13-26)15-19-16-28-21-4-2-3-5-22(21)29-19/h2-9,14,19H,10-13,15-16H2,1H3. The second kappa shape index (κ2) is 7.79. The Balaban J connectivity index is 1.24. The van der Waals surface area contributed by atoms with Gasteiger partial charge in [-0.2, -0.15) is 0 Å². The van der Waals surface area contributed by atoms with Crippen molar-refractivity contribution in [3.8, 4) is 17.2 Å². The molecule has 2 aromatic carbocycles. The molecule has 0 radical (unpaired) electrons. The Morgan fingerprint density at radius 1 is 1.03 bits per heavy atom. The molecule has 1 unspecified atom stereocenters. The van der Waals surface area contributed by atoms with Crippen molar-refractivity contribution < 1.29 is 14.2 Å². The molecule has 0 bridgehead atoms. The molecule has 1 atom stereocenters. The molecule has 2 aliphatic heterocycles. The van der Waals surface area contributed by atoms with Crippen LogP contribution in [0.25, 0.3) is 10.8 Å². The molecule has 0 N–H and O–H groups in total. The summed E-state index contributed by atoms with van der Waals surface area (Å²) in [5.41, 5.74) is 0. The molecule has 6 heteroatoms. The summed E-state index contributed by atoms with van der Waals surface area (Å²) in [6.45, 7) is 5.30. The minimum Gasteiger partial charge on any atom is -0.497 e. The topological polar surface area (TPSA) is 47.1 Å². The first kappa shape index (κ1) is 18.1.